The van der Waals surface area contributed by atoms with E-state index in [1.54, 1.807) is 6.08 Å². The summed E-state index contributed by atoms with van der Waals surface area (Å²) >= 11 is 0. The van der Waals surface area contributed by atoms with Gasteiger partial charge in [-0.05, 0) is 38.2 Å². The zero-order valence-corrected chi connectivity index (χ0v) is 25.1. The Morgan fingerprint density at radius 3 is 1.56 bits per heavy atom. The molecule has 0 bridgehead atoms. The molecule has 0 aromatic rings. The molecule has 39 heavy (non-hydrogen) atoms. The number of carbonyl (C=O) groups excluding carboxylic acids is 3. The van der Waals surface area contributed by atoms with Crippen molar-refractivity contribution in [2.75, 3.05) is 13.2 Å². The van der Waals surface area contributed by atoms with Gasteiger partial charge in [0.2, 0.25) is 0 Å². The molecule has 0 fully saturated rings. The molecule has 0 unspecified atom stereocenters. The van der Waals surface area contributed by atoms with Gasteiger partial charge in [0.1, 0.15) is 19.3 Å². The Kier molecular flexibility index (Phi) is 27.6. The third-order valence-corrected chi connectivity index (χ3v) is 6.67. The Balaban J connectivity index is 3.55. The van der Waals surface area contributed by atoms with Crippen molar-refractivity contribution in [1.82, 2.24) is 0 Å². The first-order valence-electron chi connectivity index (χ1n) is 15.8. The zero-order chi connectivity index (χ0) is 28.8. The van der Waals surface area contributed by atoms with Crippen LogP contribution in [-0.4, -0.2) is 42.1 Å². The molecule has 6 nitrogen and oxygen atoms in total. The lowest BCUT2D eigenvalue weighted by molar-refractivity contribution is -0.152. The maximum absolute atomic E-state index is 11.9. The van der Waals surface area contributed by atoms with Gasteiger partial charge in [-0.25, -0.2) is 0 Å². The molecule has 0 heterocycles. The largest absolute Gasteiger partial charge is 0.463 e. The van der Waals surface area contributed by atoms with Crippen LogP contribution in [0.3, 0.4) is 0 Å². The number of esters is 2. The minimum atomic E-state index is -0.983. The van der Waals surface area contributed by atoms with Crippen LogP contribution < -0.4 is 0 Å². The van der Waals surface area contributed by atoms with Crippen molar-refractivity contribution in [2.24, 2.45) is 0 Å². The van der Waals surface area contributed by atoms with Crippen LogP contribution in [0.15, 0.2) is 24.3 Å². The number of ether oxygens (including phenoxy) is 2. The molecule has 1 atom stereocenters. The Labute approximate surface area is 239 Å². The van der Waals surface area contributed by atoms with Crippen LogP contribution in [0.4, 0.5) is 0 Å². The second-order valence-electron chi connectivity index (χ2n) is 10.6. The average molecular weight is 551 g/mol. The van der Waals surface area contributed by atoms with Crippen molar-refractivity contribution in [1.29, 1.82) is 0 Å². The molecule has 1 N–H and O–H groups in total. The summed E-state index contributed by atoms with van der Waals surface area (Å²) in [5.74, 6) is -0.429. The molecule has 0 saturated heterocycles. The predicted molar refractivity (Wildman–Crippen MR) is 160 cm³/mol. The van der Waals surface area contributed by atoms with Crippen molar-refractivity contribution in [3.63, 3.8) is 0 Å². The zero-order valence-electron chi connectivity index (χ0n) is 25.1. The standard InChI is InChI=1S/C33H58O6/c1-3-5-7-8-9-11-15-18-22-26-32(36)38-28-31(35)29-39-33(37)27-23-19-16-13-10-12-14-17-21-25-30(34)24-20-6-4-2/h14,17,21,25,31,35H,3-13,15-16,18-20,22-24,26-29H2,1-2H3/b17-14-,25-21+/t31-/m1/s1. The maximum Gasteiger partial charge on any atom is 0.305 e. The minimum absolute atomic E-state index is 0.136. The molecule has 6 heteroatoms. The van der Waals surface area contributed by atoms with Crippen molar-refractivity contribution < 1.29 is 29.0 Å². The molecule has 0 aromatic heterocycles. The highest BCUT2D eigenvalue weighted by Gasteiger charge is 2.12. The highest BCUT2D eigenvalue weighted by Crippen LogP contribution is 2.11. The summed E-state index contributed by atoms with van der Waals surface area (Å²) in [6, 6.07) is 0. The minimum Gasteiger partial charge on any atom is -0.463 e. The predicted octanol–water partition coefficient (Wildman–Crippen LogP) is 8.35. The first-order chi connectivity index (χ1) is 19.0. The van der Waals surface area contributed by atoms with Crippen LogP contribution >= 0.6 is 0 Å². The molecule has 0 rings (SSSR count). The van der Waals surface area contributed by atoms with E-state index in [-0.39, 0.29) is 30.9 Å². The Hall–Kier alpha value is -1.95. The molecule has 226 valence electrons. The van der Waals surface area contributed by atoms with Gasteiger partial charge in [0.25, 0.3) is 0 Å². The van der Waals surface area contributed by atoms with E-state index in [2.05, 4.69) is 19.9 Å². The average Bonchev–Trinajstić information content (AvgIpc) is 2.92. The summed E-state index contributed by atoms with van der Waals surface area (Å²) in [6.45, 7) is 4.07. The quantitative estimate of drug-likeness (QED) is 0.0456. The third-order valence-electron chi connectivity index (χ3n) is 6.67. The molecular weight excluding hydrogens is 492 g/mol. The van der Waals surface area contributed by atoms with Gasteiger partial charge in [-0.3, -0.25) is 14.4 Å². The molecule has 0 aliphatic heterocycles. The molecule has 0 aromatic carbocycles. The van der Waals surface area contributed by atoms with Crippen LogP contribution in [0.1, 0.15) is 149 Å². The maximum atomic E-state index is 11.9. The Morgan fingerprint density at radius 2 is 1.03 bits per heavy atom. The van der Waals surface area contributed by atoms with E-state index in [9.17, 15) is 19.5 Å². The molecule has 0 saturated carbocycles. The van der Waals surface area contributed by atoms with Crippen LogP contribution in [0, 0.1) is 0 Å². The number of allylic oxidation sites excluding steroid dienone is 4. The number of aliphatic hydroxyl groups is 1. The molecule has 0 spiro atoms. The van der Waals surface area contributed by atoms with E-state index in [4.69, 9.17) is 9.47 Å². The van der Waals surface area contributed by atoms with Gasteiger partial charge in [0.15, 0.2) is 5.78 Å². The summed E-state index contributed by atoms with van der Waals surface area (Å²) in [4.78, 5) is 35.3. The van der Waals surface area contributed by atoms with E-state index < -0.39 is 6.10 Å². The van der Waals surface area contributed by atoms with E-state index in [1.807, 2.05) is 12.2 Å². The third kappa shape index (κ3) is 28.9. The first kappa shape index (κ1) is 37.0. The fourth-order valence-electron chi connectivity index (χ4n) is 4.18. The Morgan fingerprint density at radius 1 is 0.590 bits per heavy atom. The summed E-state index contributed by atoms with van der Waals surface area (Å²) in [6.07, 6.45) is 27.8. The summed E-state index contributed by atoms with van der Waals surface area (Å²) in [7, 11) is 0. The van der Waals surface area contributed by atoms with Crippen LogP contribution in [-0.2, 0) is 23.9 Å². The van der Waals surface area contributed by atoms with Gasteiger partial charge in [-0.1, -0.05) is 116 Å². The lowest BCUT2D eigenvalue weighted by atomic mass is 10.1. The van der Waals surface area contributed by atoms with E-state index in [1.165, 1.54) is 38.5 Å². The number of hydrogen-bond acceptors (Lipinski definition) is 6. The van der Waals surface area contributed by atoms with Gasteiger partial charge in [-0.2, -0.15) is 0 Å². The normalized spacial score (nSPS) is 12.3. The fraction of sp³-hybridized carbons (Fsp3) is 0.788. The van der Waals surface area contributed by atoms with Gasteiger partial charge >= 0.3 is 11.9 Å². The monoisotopic (exact) mass is 550 g/mol. The van der Waals surface area contributed by atoms with Crippen LogP contribution in [0.2, 0.25) is 0 Å². The highest BCUT2D eigenvalue weighted by atomic mass is 16.6. The molecule has 0 aliphatic rings. The number of hydrogen-bond donors (Lipinski definition) is 1. The van der Waals surface area contributed by atoms with Gasteiger partial charge < -0.3 is 14.6 Å². The highest BCUT2D eigenvalue weighted by molar-refractivity contribution is 5.89. The van der Waals surface area contributed by atoms with Crippen LogP contribution in [0.5, 0.6) is 0 Å². The lowest BCUT2D eigenvalue weighted by Crippen LogP contribution is -2.25. The van der Waals surface area contributed by atoms with Gasteiger partial charge in [0, 0.05) is 19.3 Å². The smallest absolute Gasteiger partial charge is 0.305 e. The van der Waals surface area contributed by atoms with E-state index in [0.29, 0.717) is 19.3 Å². The van der Waals surface area contributed by atoms with Crippen molar-refractivity contribution in [3.05, 3.63) is 24.3 Å². The van der Waals surface area contributed by atoms with E-state index in [0.717, 1.165) is 77.0 Å². The second-order valence-corrected chi connectivity index (χ2v) is 10.6. The summed E-state index contributed by atoms with van der Waals surface area (Å²) < 4.78 is 10.2. The number of unbranched alkanes of at least 4 members (excludes halogenated alkanes) is 15. The van der Waals surface area contributed by atoms with Gasteiger partial charge in [-0.15, -0.1) is 0 Å². The lowest BCUT2D eigenvalue weighted by Gasteiger charge is -2.12. The SMILES string of the molecule is CCCCCCCCCCCC(=O)OC[C@@H](O)COC(=O)CCCCCCC/C=C\C=C\C(=O)CCCCC. The van der Waals surface area contributed by atoms with E-state index >= 15 is 0 Å². The Bertz CT molecular complexity index is 655. The van der Waals surface area contributed by atoms with Crippen LogP contribution in [0.25, 0.3) is 0 Å². The number of carbonyl (C=O) groups is 3. The number of rotatable bonds is 28. The van der Waals surface area contributed by atoms with Gasteiger partial charge in [0.05, 0.1) is 0 Å². The molecule has 0 radical (unpaired) electrons. The molecule has 0 aliphatic carbocycles. The molecular formula is C33H58O6. The van der Waals surface area contributed by atoms with Crippen molar-refractivity contribution >= 4 is 17.7 Å². The second kappa shape index (κ2) is 29.0. The summed E-state index contributed by atoms with van der Waals surface area (Å²) in [5, 5.41) is 9.91. The van der Waals surface area contributed by atoms with Crippen molar-refractivity contribution in [2.45, 2.75) is 155 Å². The first-order valence-corrected chi connectivity index (χ1v) is 15.8. The fourth-order valence-corrected chi connectivity index (χ4v) is 4.18. The topological polar surface area (TPSA) is 89.9 Å². The number of aliphatic hydroxyl groups excluding tert-OH is 1. The summed E-state index contributed by atoms with van der Waals surface area (Å²) in [5.41, 5.74) is 0. The number of ketones is 1. The van der Waals surface area contributed by atoms with Crippen molar-refractivity contribution in [3.8, 4) is 0 Å². The molecule has 0 amide bonds.